The molecule has 0 fully saturated rings. The minimum atomic E-state index is -1.03. The van der Waals surface area contributed by atoms with Gasteiger partial charge in [-0.1, -0.05) is 0 Å². The van der Waals surface area contributed by atoms with Crippen molar-refractivity contribution in [3.63, 3.8) is 0 Å². The average Bonchev–Trinajstić information content (AvgIpc) is 3.32. The van der Waals surface area contributed by atoms with Gasteiger partial charge in [0.15, 0.2) is 0 Å². The molecule has 0 unspecified atom stereocenters. The molecule has 0 saturated heterocycles. The molecule has 1 amide bonds. The van der Waals surface area contributed by atoms with Crippen LogP contribution in [0.5, 0.6) is 0 Å². The van der Waals surface area contributed by atoms with Gasteiger partial charge in [-0.25, -0.2) is 4.79 Å². The molecule has 3 aromatic rings. The highest BCUT2D eigenvalue weighted by Crippen LogP contribution is 2.30. The third-order valence-corrected chi connectivity index (χ3v) is 5.23. The van der Waals surface area contributed by atoms with Gasteiger partial charge >= 0.3 is 5.97 Å². The Hall–Kier alpha value is -3.02. The average molecular weight is 367 g/mol. The number of aryl methyl sites for hydroxylation is 3. The number of fused-ring (bicyclic) bond motifs is 2. The second-order valence-corrected chi connectivity index (χ2v) is 7.15. The Morgan fingerprint density at radius 1 is 1.19 bits per heavy atom. The van der Waals surface area contributed by atoms with Crippen LogP contribution in [0.25, 0.3) is 11.0 Å². The number of rotatable bonds is 5. The molecular formula is C21H21NO5. The zero-order valence-corrected chi connectivity index (χ0v) is 15.4. The van der Waals surface area contributed by atoms with Crippen molar-refractivity contribution in [2.75, 3.05) is 7.05 Å². The van der Waals surface area contributed by atoms with Gasteiger partial charge in [0.25, 0.3) is 0 Å². The summed E-state index contributed by atoms with van der Waals surface area (Å²) in [6.45, 7) is 1.82. The fourth-order valence-electron chi connectivity index (χ4n) is 3.74. The predicted octanol–water partition coefficient (Wildman–Crippen LogP) is 3.72. The molecule has 2 aromatic heterocycles. The van der Waals surface area contributed by atoms with Gasteiger partial charge in [0.1, 0.15) is 22.7 Å². The molecule has 1 aliphatic carbocycles. The largest absolute Gasteiger partial charge is 0.478 e. The minimum Gasteiger partial charge on any atom is -0.478 e. The first-order valence-corrected chi connectivity index (χ1v) is 9.01. The van der Waals surface area contributed by atoms with Crippen molar-refractivity contribution in [3.05, 3.63) is 58.2 Å². The fraction of sp³-hybridized carbons (Fsp3) is 0.333. The van der Waals surface area contributed by atoms with Crippen molar-refractivity contribution in [2.45, 2.75) is 39.2 Å². The zero-order valence-electron chi connectivity index (χ0n) is 15.4. The number of nitrogens with zero attached hydrogens (tertiary/aromatic N) is 1. The highest BCUT2D eigenvalue weighted by molar-refractivity contribution is 5.89. The van der Waals surface area contributed by atoms with Crippen LogP contribution in [0, 0.1) is 6.92 Å². The van der Waals surface area contributed by atoms with Crippen LogP contribution < -0.4 is 0 Å². The number of carbonyl (C=O) groups excluding carboxylic acids is 1. The SMILES string of the molecule is Cc1oc(CN(C)C(=O)Cc2coc3cc4c(cc23)CCC4)cc1C(=O)O. The summed E-state index contributed by atoms with van der Waals surface area (Å²) in [7, 11) is 1.68. The number of likely N-dealkylation sites (N-methyl/N-ethyl adjacent to an activating group) is 1. The van der Waals surface area contributed by atoms with E-state index in [1.165, 1.54) is 28.5 Å². The standard InChI is InChI=1S/C21H21NO5/c1-12-17(21(24)25)9-16(27-12)10-22(2)20(23)8-15-11-26-19-7-14-5-3-4-13(14)6-18(15)19/h6-7,9,11H,3-5,8,10H2,1-2H3,(H,24,25). The van der Waals surface area contributed by atoms with E-state index in [2.05, 4.69) is 12.1 Å². The molecule has 6 nitrogen and oxygen atoms in total. The molecule has 2 heterocycles. The van der Waals surface area contributed by atoms with E-state index in [1.54, 1.807) is 20.2 Å². The molecule has 0 spiro atoms. The van der Waals surface area contributed by atoms with E-state index in [0.717, 1.165) is 29.4 Å². The minimum absolute atomic E-state index is 0.0795. The number of hydrogen-bond donors (Lipinski definition) is 1. The van der Waals surface area contributed by atoms with Gasteiger partial charge in [-0.15, -0.1) is 0 Å². The topological polar surface area (TPSA) is 83.9 Å². The first-order valence-electron chi connectivity index (χ1n) is 9.01. The van der Waals surface area contributed by atoms with E-state index in [0.29, 0.717) is 11.5 Å². The summed E-state index contributed by atoms with van der Waals surface area (Å²) in [5.41, 5.74) is 4.51. The molecule has 1 aromatic carbocycles. The van der Waals surface area contributed by atoms with Gasteiger partial charge in [0.2, 0.25) is 5.91 Å². The number of carboxylic acids is 1. The lowest BCUT2D eigenvalue weighted by Gasteiger charge is -2.15. The third-order valence-electron chi connectivity index (χ3n) is 5.23. The maximum absolute atomic E-state index is 12.6. The highest BCUT2D eigenvalue weighted by atomic mass is 16.4. The Balaban J connectivity index is 1.49. The van der Waals surface area contributed by atoms with E-state index in [-0.39, 0.29) is 24.4 Å². The van der Waals surface area contributed by atoms with Crippen molar-refractivity contribution in [1.29, 1.82) is 0 Å². The lowest BCUT2D eigenvalue weighted by molar-refractivity contribution is -0.129. The predicted molar refractivity (Wildman–Crippen MR) is 98.8 cm³/mol. The van der Waals surface area contributed by atoms with E-state index in [4.69, 9.17) is 13.9 Å². The first kappa shape index (κ1) is 17.4. The van der Waals surface area contributed by atoms with Gasteiger partial charge in [0, 0.05) is 18.0 Å². The maximum Gasteiger partial charge on any atom is 0.339 e. The van der Waals surface area contributed by atoms with Crippen LogP contribution in [0.3, 0.4) is 0 Å². The molecule has 6 heteroatoms. The monoisotopic (exact) mass is 367 g/mol. The number of carbonyl (C=O) groups is 2. The number of furan rings is 2. The van der Waals surface area contributed by atoms with Crippen LogP contribution in [-0.2, 0) is 30.6 Å². The van der Waals surface area contributed by atoms with Crippen LogP contribution in [0.2, 0.25) is 0 Å². The van der Waals surface area contributed by atoms with E-state index < -0.39 is 5.97 Å². The number of aromatic carboxylic acids is 1. The van der Waals surface area contributed by atoms with Crippen molar-refractivity contribution >= 4 is 22.8 Å². The van der Waals surface area contributed by atoms with Crippen molar-refractivity contribution < 1.29 is 23.5 Å². The summed E-state index contributed by atoms with van der Waals surface area (Å²) in [5, 5.41) is 10.1. The Labute approximate surface area is 156 Å². The van der Waals surface area contributed by atoms with Crippen LogP contribution in [0.1, 0.15) is 45.0 Å². The normalized spacial score (nSPS) is 13.1. The summed E-state index contributed by atoms with van der Waals surface area (Å²) in [4.78, 5) is 25.3. The van der Waals surface area contributed by atoms with Crippen LogP contribution in [0.15, 0.2) is 33.3 Å². The summed E-state index contributed by atoms with van der Waals surface area (Å²) in [5.74, 6) is -0.318. The van der Waals surface area contributed by atoms with E-state index in [1.807, 2.05) is 0 Å². The molecule has 0 radical (unpaired) electrons. The Bertz CT molecular complexity index is 1040. The quantitative estimate of drug-likeness (QED) is 0.743. The smallest absolute Gasteiger partial charge is 0.339 e. The summed E-state index contributed by atoms with van der Waals surface area (Å²) >= 11 is 0. The highest BCUT2D eigenvalue weighted by Gasteiger charge is 2.20. The van der Waals surface area contributed by atoms with Crippen molar-refractivity contribution in [1.82, 2.24) is 4.90 Å². The van der Waals surface area contributed by atoms with Crippen molar-refractivity contribution in [3.8, 4) is 0 Å². The van der Waals surface area contributed by atoms with E-state index >= 15 is 0 Å². The third kappa shape index (κ3) is 3.23. The second kappa shape index (κ2) is 6.61. The number of benzene rings is 1. The van der Waals surface area contributed by atoms with Crippen LogP contribution in [0.4, 0.5) is 0 Å². The fourth-order valence-corrected chi connectivity index (χ4v) is 3.74. The van der Waals surface area contributed by atoms with Gasteiger partial charge in [-0.2, -0.15) is 0 Å². The van der Waals surface area contributed by atoms with Crippen molar-refractivity contribution in [2.24, 2.45) is 0 Å². The molecule has 1 aliphatic rings. The summed E-state index contributed by atoms with van der Waals surface area (Å²) in [6.07, 6.45) is 5.22. The summed E-state index contributed by atoms with van der Waals surface area (Å²) in [6, 6.07) is 5.71. The molecule has 0 atom stereocenters. The molecule has 4 rings (SSSR count). The van der Waals surface area contributed by atoms with Gasteiger partial charge in [-0.05, 0) is 55.5 Å². The lowest BCUT2D eigenvalue weighted by atomic mass is 10.0. The Kier molecular flexibility index (Phi) is 4.26. The second-order valence-electron chi connectivity index (χ2n) is 7.15. The Morgan fingerprint density at radius 2 is 1.93 bits per heavy atom. The zero-order chi connectivity index (χ0) is 19.1. The molecule has 140 valence electrons. The molecule has 1 N–H and O–H groups in total. The number of hydrogen-bond acceptors (Lipinski definition) is 4. The first-order chi connectivity index (χ1) is 12.9. The maximum atomic E-state index is 12.6. The van der Waals surface area contributed by atoms with Gasteiger partial charge in [0.05, 0.1) is 19.2 Å². The molecule has 0 aliphatic heterocycles. The van der Waals surface area contributed by atoms with E-state index in [9.17, 15) is 9.59 Å². The molecule has 0 saturated carbocycles. The summed E-state index contributed by atoms with van der Waals surface area (Å²) < 4.78 is 11.1. The number of amides is 1. The Morgan fingerprint density at radius 3 is 2.63 bits per heavy atom. The number of carboxylic acid groups (broad SMARTS) is 1. The lowest BCUT2D eigenvalue weighted by Crippen LogP contribution is -2.27. The molecule has 0 bridgehead atoms. The van der Waals surface area contributed by atoms with Gasteiger partial charge < -0.3 is 18.8 Å². The van der Waals surface area contributed by atoms with Gasteiger partial charge in [-0.3, -0.25) is 4.79 Å². The molecule has 27 heavy (non-hydrogen) atoms. The van der Waals surface area contributed by atoms with Crippen LogP contribution >= 0.6 is 0 Å². The van der Waals surface area contributed by atoms with Crippen LogP contribution in [-0.4, -0.2) is 28.9 Å². The molecular weight excluding hydrogens is 346 g/mol.